The van der Waals surface area contributed by atoms with Crippen molar-refractivity contribution in [1.29, 1.82) is 0 Å². The normalized spacial score (nSPS) is 12.1. The number of pyridine rings is 4. The van der Waals surface area contributed by atoms with Gasteiger partial charge in [0.2, 0.25) is 0 Å². The van der Waals surface area contributed by atoms with Gasteiger partial charge in [-0.15, -0.1) is 0 Å². The van der Waals surface area contributed by atoms with Crippen molar-refractivity contribution in [1.82, 2.24) is 28.7 Å². The molecule has 0 atom stereocenters. The first kappa shape index (κ1) is 37.7. The lowest BCUT2D eigenvalue weighted by Gasteiger charge is -2.27. The minimum Gasteiger partial charge on any atom is -0.307 e. The quantitative estimate of drug-likeness (QED) is 0.160. The average molecular weight is 880 g/mol. The van der Waals surface area contributed by atoms with Crippen LogP contribution in [-0.4, -0.2) is 28.7 Å². The van der Waals surface area contributed by atoms with E-state index < -0.39 is 0 Å². The number of rotatable bonds is 7. The molecule has 320 valence electrons. The van der Waals surface area contributed by atoms with Crippen LogP contribution in [0.25, 0.3) is 121 Å². The number of para-hydroxylation sites is 2. The molecule has 0 unspecified atom stereocenters. The Kier molecular flexibility index (Phi) is 7.94. The summed E-state index contributed by atoms with van der Waals surface area (Å²) in [5, 5.41) is 6.55. The molecule has 7 heteroatoms. The van der Waals surface area contributed by atoms with E-state index in [1.807, 2.05) is 0 Å². The van der Waals surface area contributed by atoms with Gasteiger partial charge in [0.25, 0.3) is 0 Å². The second-order valence-corrected chi connectivity index (χ2v) is 17.8. The van der Waals surface area contributed by atoms with Crippen LogP contribution in [0.1, 0.15) is 0 Å². The monoisotopic (exact) mass is 879 g/mol. The molecule has 0 bridgehead atoms. The number of anilines is 3. The summed E-state index contributed by atoms with van der Waals surface area (Å²) in [4.78, 5) is 24.2. The Bertz CT molecular complexity index is 4160. The van der Waals surface area contributed by atoms with Gasteiger partial charge < -0.3 is 13.7 Å². The summed E-state index contributed by atoms with van der Waals surface area (Å²) in [6.07, 6.45) is 4.12. The summed E-state index contributed by atoms with van der Waals surface area (Å²) in [5.74, 6) is 0. The van der Waals surface area contributed by atoms with E-state index in [0.717, 1.165) is 139 Å². The van der Waals surface area contributed by atoms with Crippen molar-refractivity contribution in [3.05, 3.63) is 225 Å². The number of fused-ring (bicyclic) bond motifs is 12. The van der Waals surface area contributed by atoms with Gasteiger partial charge in [0.05, 0.1) is 85.0 Å². The molecule has 7 nitrogen and oxygen atoms in total. The van der Waals surface area contributed by atoms with Crippen molar-refractivity contribution in [2.24, 2.45) is 0 Å². The fraction of sp³-hybridized carbons (Fsp3) is 0. The molecule has 7 aromatic carbocycles. The lowest BCUT2D eigenvalue weighted by Crippen LogP contribution is -2.12. The van der Waals surface area contributed by atoms with Crippen LogP contribution >= 0.6 is 0 Å². The van der Waals surface area contributed by atoms with Gasteiger partial charge in [-0.1, -0.05) is 158 Å². The van der Waals surface area contributed by atoms with E-state index in [2.05, 4.69) is 238 Å². The summed E-state index contributed by atoms with van der Waals surface area (Å²) in [7, 11) is 0. The Labute approximate surface area is 395 Å². The lowest BCUT2D eigenvalue weighted by molar-refractivity contribution is 1.24. The van der Waals surface area contributed by atoms with Gasteiger partial charge in [0.1, 0.15) is 0 Å². The number of aromatic nitrogens is 6. The molecule has 15 aromatic rings. The highest BCUT2D eigenvalue weighted by molar-refractivity contribution is 6.33. The number of benzene rings is 7. The zero-order valence-corrected chi connectivity index (χ0v) is 37.0. The first-order chi connectivity index (χ1) is 34.2. The first-order valence-electron chi connectivity index (χ1n) is 23.3. The zero-order chi connectivity index (χ0) is 45.2. The second-order valence-electron chi connectivity index (χ2n) is 17.8. The summed E-state index contributed by atoms with van der Waals surface area (Å²) in [6.45, 7) is 0. The predicted octanol–water partition coefficient (Wildman–Crippen LogP) is 15.7. The van der Waals surface area contributed by atoms with E-state index in [-0.39, 0.29) is 0 Å². The van der Waals surface area contributed by atoms with Crippen LogP contribution in [0, 0.1) is 0 Å². The molecule has 69 heavy (non-hydrogen) atoms. The third kappa shape index (κ3) is 5.50. The van der Waals surface area contributed by atoms with E-state index in [9.17, 15) is 0 Å². The van der Waals surface area contributed by atoms with Gasteiger partial charge in [-0.25, -0.2) is 9.97 Å². The summed E-state index contributed by atoms with van der Waals surface area (Å²) >= 11 is 0. The fourth-order valence-corrected chi connectivity index (χ4v) is 11.0. The minimum atomic E-state index is 0.914. The van der Waals surface area contributed by atoms with E-state index in [4.69, 9.17) is 19.9 Å². The van der Waals surface area contributed by atoms with Crippen LogP contribution < -0.4 is 4.90 Å². The van der Waals surface area contributed by atoms with E-state index >= 15 is 0 Å². The summed E-state index contributed by atoms with van der Waals surface area (Å²) in [5.41, 5.74) is 19.0. The zero-order valence-electron chi connectivity index (χ0n) is 37.0. The third-order valence-electron chi connectivity index (χ3n) is 14.0. The molecule has 8 heterocycles. The van der Waals surface area contributed by atoms with Crippen LogP contribution in [0.3, 0.4) is 0 Å². The Balaban J connectivity index is 1.19. The number of nitrogens with zero attached hydrogens (tertiary/aromatic N) is 7. The van der Waals surface area contributed by atoms with Crippen LogP contribution in [0.2, 0.25) is 0 Å². The molecule has 0 saturated heterocycles. The van der Waals surface area contributed by atoms with Crippen molar-refractivity contribution in [3.63, 3.8) is 0 Å². The van der Waals surface area contributed by atoms with Crippen LogP contribution in [0.15, 0.2) is 225 Å². The fourth-order valence-electron chi connectivity index (χ4n) is 11.0. The molecule has 0 aliphatic rings. The van der Waals surface area contributed by atoms with Crippen LogP contribution in [0.4, 0.5) is 17.1 Å². The maximum absolute atomic E-state index is 5.67. The molecule has 0 aliphatic heterocycles. The molecule has 0 saturated carbocycles. The largest absolute Gasteiger partial charge is 0.307 e. The SMILES string of the molecule is c1ccc(-c2cc3c4cc(-c5ccccc5)nc5c6cc7c8nc(-c9ccccc9)cc9c%10cc(-c%11ccccc%11)ncc%10n(c7c(N(c7ccccc7)c7ccccc7)c6n(c3cn2)c45)c98)cc1. The molecule has 0 amide bonds. The molecular weight excluding hydrogens is 843 g/mol. The molecule has 15 rings (SSSR count). The van der Waals surface area contributed by atoms with Crippen LogP contribution in [-0.2, 0) is 0 Å². The third-order valence-corrected chi connectivity index (χ3v) is 14.0. The van der Waals surface area contributed by atoms with Crippen molar-refractivity contribution in [2.45, 2.75) is 0 Å². The second kappa shape index (κ2) is 14.5. The molecule has 0 aliphatic carbocycles. The van der Waals surface area contributed by atoms with Gasteiger partial charge >= 0.3 is 0 Å². The standard InChI is InChI=1S/C62H37N7/c1-7-19-38(20-8-1)50-32-44-46-34-52(40-23-11-3-12-24-40)65-56-48-31-49-57-59-47(35-53(66-57)41-25-13-4-14-26-41)45-33-51(39-21-9-2-10-22-39)64-37-55(45)69(59)61(49)62(60(48)68(58(46)56)54(44)36-63-50)67(42-27-15-5-16-28-42)43-29-17-6-18-30-43/h1-37H. The average Bonchev–Trinajstić information content (AvgIpc) is 4.15. The van der Waals surface area contributed by atoms with E-state index in [1.165, 1.54) is 0 Å². The van der Waals surface area contributed by atoms with Crippen LogP contribution in [0.5, 0.6) is 0 Å². The first-order valence-corrected chi connectivity index (χ1v) is 23.3. The van der Waals surface area contributed by atoms with Gasteiger partial charge in [0.15, 0.2) is 0 Å². The molecule has 8 aromatic heterocycles. The molecular formula is C62H37N7. The molecule has 0 spiro atoms. The van der Waals surface area contributed by atoms with Gasteiger partial charge in [-0.2, -0.15) is 0 Å². The van der Waals surface area contributed by atoms with Gasteiger partial charge in [-0.05, 0) is 54.6 Å². The highest BCUT2D eigenvalue weighted by Crippen LogP contribution is 2.52. The van der Waals surface area contributed by atoms with Crippen molar-refractivity contribution in [2.75, 3.05) is 4.90 Å². The predicted molar refractivity (Wildman–Crippen MR) is 283 cm³/mol. The molecule has 0 radical (unpaired) electrons. The van der Waals surface area contributed by atoms with Gasteiger partial charge in [-0.3, -0.25) is 9.97 Å². The maximum Gasteiger partial charge on any atom is 0.0978 e. The van der Waals surface area contributed by atoms with Crippen molar-refractivity contribution < 1.29 is 0 Å². The highest BCUT2D eigenvalue weighted by Gasteiger charge is 2.32. The van der Waals surface area contributed by atoms with Gasteiger partial charge in [0, 0.05) is 65.9 Å². The topological polar surface area (TPSA) is 63.6 Å². The Hall–Kier alpha value is -9.46. The maximum atomic E-state index is 5.67. The summed E-state index contributed by atoms with van der Waals surface area (Å²) in [6, 6.07) is 74.9. The van der Waals surface area contributed by atoms with Crippen molar-refractivity contribution in [3.8, 4) is 45.0 Å². The smallest absolute Gasteiger partial charge is 0.0978 e. The summed E-state index contributed by atoms with van der Waals surface area (Å²) < 4.78 is 4.88. The molecule has 0 N–H and O–H groups in total. The van der Waals surface area contributed by atoms with E-state index in [0.29, 0.717) is 0 Å². The van der Waals surface area contributed by atoms with Crippen molar-refractivity contribution >= 4 is 93.5 Å². The number of hydrogen-bond donors (Lipinski definition) is 0. The number of hydrogen-bond acceptors (Lipinski definition) is 5. The Morgan fingerprint density at radius 3 is 1.01 bits per heavy atom. The Morgan fingerprint density at radius 2 is 0.638 bits per heavy atom. The van der Waals surface area contributed by atoms with E-state index in [1.54, 1.807) is 0 Å². The Morgan fingerprint density at radius 1 is 0.304 bits per heavy atom. The molecule has 0 fully saturated rings. The minimum absolute atomic E-state index is 0.914. The lowest BCUT2D eigenvalue weighted by atomic mass is 10.0. The highest BCUT2D eigenvalue weighted by atomic mass is 15.2.